The Balaban J connectivity index is 2.63. The summed E-state index contributed by atoms with van der Waals surface area (Å²) in [5.74, 6) is -0.950. The Morgan fingerprint density at radius 3 is 2.57 bits per heavy atom. The highest BCUT2D eigenvalue weighted by Crippen LogP contribution is 2.17. The maximum atomic E-state index is 12.0. The van der Waals surface area contributed by atoms with Gasteiger partial charge in [-0.25, -0.2) is 4.79 Å². The highest BCUT2D eigenvalue weighted by atomic mass is 35.5. The molecule has 5 nitrogen and oxygen atoms in total. The number of halogens is 1. The zero-order valence-electron chi connectivity index (χ0n) is 12.5. The molecule has 1 amide bonds. The Hall–Kier alpha value is -1.75. The standard InChI is InChI=1S/C15H21ClN2O3/c1-4-5-9(2)18-14(19)10(3)21-15(20)11-6-12(16)8-13(17)7-11/h6-10H,4-5,17H2,1-3H3,(H,18,19). The zero-order valence-corrected chi connectivity index (χ0v) is 13.2. The lowest BCUT2D eigenvalue weighted by molar-refractivity contribution is -0.129. The molecular formula is C15H21ClN2O3. The van der Waals surface area contributed by atoms with E-state index >= 15 is 0 Å². The van der Waals surface area contributed by atoms with E-state index in [4.69, 9.17) is 22.1 Å². The summed E-state index contributed by atoms with van der Waals surface area (Å²) in [5, 5.41) is 3.14. The molecule has 3 N–H and O–H groups in total. The number of carbonyl (C=O) groups is 2. The number of amides is 1. The van der Waals surface area contributed by atoms with Gasteiger partial charge in [0.2, 0.25) is 0 Å². The Bertz CT molecular complexity index is 499. The monoisotopic (exact) mass is 312 g/mol. The molecule has 0 radical (unpaired) electrons. The Kier molecular flexibility index (Phi) is 6.49. The predicted molar refractivity (Wildman–Crippen MR) is 83.3 cm³/mol. The molecule has 1 aromatic rings. The number of anilines is 1. The summed E-state index contributed by atoms with van der Waals surface area (Å²) < 4.78 is 5.12. The fourth-order valence-electron chi connectivity index (χ4n) is 1.88. The van der Waals surface area contributed by atoms with Crippen LogP contribution in [-0.4, -0.2) is 24.0 Å². The SMILES string of the molecule is CCCC(C)NC(=O)C(C)OC(=O)c1cc(N)cc(Cl)c1. The molecule has 1 aromatic carbocycles. The summed E-state index contributed by atoms with van der Waals surface area (Å²) in [4.78, 5) is 23.8. The van der Waals surface area contributed by atoms with E-state index in [1.165, 1.54) is 25.1 Å². The third-order valence-electron chi connectivity index (χ3n) is 2.92. The van der Waals surface area contributed by atoms with Gasteiger partial charge in [0.25, 0.3) is 5.91 Å². The van der Waals surface area contributed by atoms with Gasteiger partial charge in [0.15, 0.2) is 6.10 Å². The number of benzene rings is 1. The van der Waals surface area contributed by atoms with Crippen molar-refractivity contribution in [3.8, 4) is 0 Å². The first-order valence-corrected chi connectivity index (χ1v) is 7.28. The summed E-state index contributed by atoms with van der Waals surface area (Å²) >= 11 is 5.83. The molecule has 0 aliphatic heterocycles. The van der Waals surface area contributed by atoms with Crippen LogP contribution in [0.4, 0.5) is 5.69 Å². The molecule has 0 aromatic heterocycles. The molecule has 0 fully saturated rings. The van der Waals surface area contributed by atoms with Crippen LogP contribution in [0.25, 0.3) is 0 Å². The van der Waals surface area contributed by atoms with Crippen molar-refractivity contribution in [3.05, 3.63) is 28.8 Å². The van der Waals surface area contributed by atoms with Crippen LogP contribution in [-0.2, 0) is 9.53 Å². The number of esters is 1. The molecule has 0 aliphatic carbocycles. The van der Waals surface area contributed by atoms with Crippen LogP contribution in [0.1, 0.15) is 44.0 Å². The topological polar surface area (TPSA) is 81.4 Å². The van der Waals surface area contributed by atoms with Crippen molar-refractivity contribution in [2.24, 2.45) is 0 Å². The van der Waals surface area contributed by atoms with E-state index < -0.39 is 12.1 Å². The van der Waals surface area contributed by atoms with Gasteiger partial charge in [-0.15, -0.1) is 0 Å². The quantitative estimate of drug-likeness (QED) is 0.625. The average Bonchev–Trinajstić information content (AvgIpc) is 2.37. The van der Waals surface area contributed by atoms with Crippen molar-refractivity contribution in [1.29, 1.82) is 0 Å². The first kappa shape index (κ1) is 17.3. The van der Waals surface area contributed by atoms with E-state index in [0.29, 0.717) is 10.7 Å². The van der Waals surface area contributed by atoms with Crippen LogP contribution in [0.5, 0.6) is 0 Å². The maximum Gasteiger partial charge on any atom is 0.339 e. The predicted octanol–water partition coefficient (Wildman–Crippen LogP) is 2.77. The molecule has 0 bridgehead atoms. The van der Waals surface area contributed by atoms with Crippen molar-refractivity contribution in [2.75, 3.05) is 5.73 Å². The van der Waals surface area contributed by atoms with Crippen molar-refractivity contribution in [1.82, 2.24) is 5.32 Å². The number of hydrogen-bond acceptors (Lipinski definition) is 4. The van der Waals surface area contributed by atoms with Gasteiger partial charge in [0.05, 0.1) is 5.56 Å². The second-order valence-electron chi connectivity index (χ2n) is 5.02. The molecule has 2 atom stereocenters. The molecule has 2 unspecified atom stereocenters. The van der Waals surface area contributed by atoms with Crippen LogP contribution in [0.15, 0.2) is 18.2 Å². The van der Waals surface area contributed by atoms with Crippen molar-refractivity contribution >= 4 is 29.2 Å². The van der Waals surface area contributed by atoms with Gasteiger partial charge in [0.1, 0.15) is 0 Å². The highest BCUT2D eigenvalue weighted by molar-refractivity contribution is 6.31. The molecular weight excluding hydrogens is 292 g/mol. The summed E-state index contributed by atoms with van der Waals surface area (Å²) in [6.07, 6.45) is 0.964. The molecule has 21 heavy (non-hydrogen) atoms. The molecule has 1 rings (SSSR count). The number of ether oxygens (including phenoxy) is 1. The van der Waals surface area contributed by atoms with Gasteiger partial charge in [0, 0.05) is 16.8 Å². The molecule has 0 heterocycles. The second-order valence-corrected chi connectivity index (χ2v) is 5.46. The Labute approximate surface area is 129 Å². The fourth-order valence-corrected chi connectivity index (χ4v) is 2.12. The zero-order chi connectivity index (χ0) is 16.0. The Morgan fingerprint density at radius 2 is 2.00 bits per heavy atom. The van der Waals surface area contributed by atoms with Crippen molar-refractivity contribution in [2.45, 2.75) is 45.8 Å². The largest absolute Gasteiger partial charge is 0.449 e. The van der Waals surface area contributed by atoms with Gasteiger partial charge in [-0.05, 0) is 38.5 Å². The minimum absolute atomic E-state index is 0.0467. The third kappa shape index (κ3) is 5.63. The minimum Gasteiger partial charge on any atom is -0.449 e. The van der Waals surface area contributed by atoms with Crippen LogP contribution >= 0.6 is 11.6 Å². The molecule has 0 aliphatic rings. The van der Waals surface area contributed by atoms with Gasteiger partial charge in [-0.3, -0.25) is 4.79 Å². The van der Waals surface area contributed by atoms with E-state index in [1.807, 2.05) is 13.8 Å². The highest BCUT2D eigenvalue weighted by Gasteiger charge is 2.20. The van der Waals surface area contributed by atoms with Crippen LogP contribution < -0.4 is 11.1 Å². The normalized spacial score (nSPS) is 13.3. The summed E-state index contributed by atoms with van der Waals surface area (Å²) in [5.41, 5.74) is 6.20. The van der Waals surface area contributed by atoms with Crippen molar-refractivity contribution < 1.29 is 14.3 Å². The number of nitrogens with one attached hydrogen (secondary N) is 1. The van der Waals surface area contributed by atoms with Crippen molar-refractivity contribution in [3.63, 3.8) is 0 Å². The summed E-state index contributed by atoms with van der Waals surface area (Å²) in [7, 11) is 0. The number of nitrogens with two attached hydrogens (primary N) is 1. The number of carbonyl (C=O) groups excluding carboxylic acids is 2. The molecule has 0 spiro atoms. The van der Waals surface area contributed by atoms with Gasteiger partial charge < -0.3 is 15.8 Å². The van der Waals surface area contributed by atoms with Gasteiger partial charge in [-0.1, -0.05) is 24.9 Å². The average molecular weight is 313 g/mol. The first-order valence-electron chi connectivity index (χ1n) is 6.91. The summed E-state index contributed by atoms with van der Waals surface area (Å²) in [6, 6.07) is 4.48. The Morgan fingerprint density at radius 1 is 1.33 bits per heavy atom. The van der Waals surface area contributed by atoms with E-state index in [-0.39, 0.29) is 17.5 Å². The number of nitrogen functional groups attached to an aromatic ring is 1. The van der Waals surface area contributed by atoms with Gasteiger partial charge in [-0.2, -0.15) is 0 Å². The lowest BCUT2D eigenvalue weighted by Gasteiger charge is -2.17. The van der Waals surface area contributed by atoms with Crippen LogP contribution in [0, 0.1) is 0 Å². The smallest absolute Gasteiger partial charge is 0.339 e. The molecule has 6 heteroatoms. The minimum atomic E-state index is -0.878. The van der Waals surface area contributed by atoms with E-state index in [9.17, 15) is 9.59 Å². The van der Waals surface area contributed by atoms with Crippen LogP contribution in [0.2, 0.25) is 5.02 Å². The van der Waals surface area contributed by atoms with Gasteiger partial charge >= 0.3 is 5.97 Å². The molecule has 0 saturated heterocycles. The lowest BCUT2D eigenvalue weighted by Crippen LogP contribution is -2.40. The fraction of sp³-hybridized carbons (Fsp3) is 0.467. The van der Waals surface area contributed by atoms with E-state index in [0.717, 1.165) is 12.8 Å². The van der Waals surface area contributed by atoms with E-state index in [1.54, 1.807) is 0 Å². The maximum absolute atomic E-state index is 12.0. The molecule has 116 valence electrons. The number of rotatable bonds is 6. The third-order valence-corrected chi connectivity index (χ3v) is 3.14. The number of hydrogen-bond donors (Lipinski definition) is 2. The second kappa shape index (κ2) is 7.88. The molecule has 0 saturated carbocycles. The van der Waals surface area contributed by atoms with E-state index in [2.05, 4.69) is 5.32 Å². The summed E-state index contributed by atoms with van der Waals surface area (Å²) in [6.45, 7) is 5.48. The van der Waals surface area contributed by atoms with Crippen LogP contribution in [0.3, 0.4) is 0 Å². The first-order chi connectivity index (χ1) is 9.83. The lowest BCUT2D eigenvalue weighted by atomic mass is 10.2.